The second-order valence-corrected chi connectivity index (χ2v) is 5.70. The molecule has 0 saturated heterocycles. The summed E-state index contributed by atoms with van der Waals surface area (Å²) in [4.78, 5) is 34.0. The lowest BCUT2D eigenvalue weighted by Crippen LogP contribution is -2.30. The molecule has 0 aromatic heterocycles. The zero-order valence-corrected chi connectivity index (χ0v) is 14.9. The summed E-state index contributed by atoms with van der Waals surface area (Å²) in [6.07, 6.45) is 0.682. The van der Waals surface area contributed by atoms with Crippen LogP contribution in [0.1, 0.15) is 38.2 Å². The summed E-state index contributed by atoms with van der Waals surface area (Å²) in [6, 6.07) is 7.45. The molecule has 0 saturated carbocycles. The summed E-state index contributed by atoms with van der Waals surface area (Å²) in [5.74, 6) is -0.407. The van der Waals surface area contributed by atoms with E-state index in [1.165, 1.54) is 12.7 Å². The Morgan fingerprint density at radius 3 is 2.32 bits per heavy atom. The van der Waals surface area contributed by atoms with Crippen LogP contribution in [-0.4, -0.2) is 44.7 Å². The molecule has 0 spiro atoms. The van der Waals surface area contributed by atoms with E-state index in [-0.39, 0.29) is 25.6 Å². The molecule has 0 fully saturated rings. The molecule has 7 nitrogen and oxygen atoms in total. The van der Waals surface area contributed by atoms with Crippen LogP contribution in [-0.2, 0) is 23.9 Å². The molecule has 1 aromatic rings. The van der Waals surface area contributed by atoms with E-state index in [0.29, 0.717) is 24.6 Å². The Labute approximate surface area is 147 Å². The summed E-state index contributed by atoms with van der Waals surface area (Å²) in [5.41, 5.74) is 1.18. The first kappa shape index (κ1) is 20.5. The first-order valence-corrected chi connectivity index (χ1v) is 8.14. The standard InChI is InChI=1S/C18H25NO6/c1-13(2)14-6-8-15(9-7-14)24-12-18(22)25-11-16(20)19-10-4-5-17(21)23-3/h6-9,13H,4-5,10-12H2,1-3H3,(H,19,20). The zero-order valence-electron chi connectivity index (χ0n) is 14.9. The summed E-state index contributed by atoms with van der Waals surface area (Å²) < 4.78 is 14.6. The van der Waals surface area contributed by atoms with Gasteiger partial charge in [0.15, 0.2) is 13.2 Å². The van der Waals surface area contributed by atoms with Gasteiger partial charge in [-0.1, -0.05) is 26.0 Å². The van der Waals surface area contributed by atoms with Crippen molar-refractivity contribution in [1.82, 2.24) is 5.32 Å². The minimum atomic E-state index is -0.627. The summed E-state index contributed by atoms with van der Waals surface area (Å²) in [6.45, 7) is 3.84. The number of carbonyl (C=O) groups excluding carboxylic acids is 3. The van der Waals surface area contributed by atoms with E-state index in [1.807, 2.05) is 12.1 Å². The highest BCUT2D eigenvalue weighted by molar-refractivity contribution is 5.80. The van der Waals surface area contributed by atoms with Gasteiger partial charge in [-0.05, 0) is 30.0 Å². The largest absolute Gasteiger partial charge is 0.482 e. The van der Waals surface area contributed by atoms with Crippen molar-refractivity contribution in [3.8, 4) is 5.75 Å². The molecule has 7 heteroatoms. The van der Waals surface area contributed by atoms with Crippen LogP contribution in [0.15, 0.2) is 24.3 Å². The molecule has 1 N–H and O–H groups in total. The lowest BCUT2D eigenvalue weighted by molar-refractivity contribution is -0.150. The van der Waals surface area contributed by atoms with Crippen LogP contribution >= 0.6 is 0 Å². The predicted octanol–water partition coefficient (Wildman–Crippen LogP) is 1.80. The highest BCUT2D eigenvalue weighted by Crippen LogP contribution is 2.18. The number of rotatable bonds is 10. The molecule has 0 aliphatic heterocycles. The first-order chi connectivity index (χ1) is 11.9. The quantitative estimate of drug-likeness (QED) is 0.511. The zero-order chi connectivity index (χ0) is 18.7. The van der Waals surface area contributed by atoms with Crippen molar-refractivity contribution in [3.63, 3.8) is 0 Å². The maximum atomic E-state index is 11.6. The number of carbonyl (C=O) groups is 3. The molecule has 1 aromatic carbocycles. The van der Waals surface area contributed by atoms with E-state index in [2.05, 4.69) is 23.9 Å². The Morgan fingerprint density at radius 1 is 1.04 bits per heavy atom. The van der Waals surface area contributed by atoms with Crippen molar-refractivity contribution < 1.29 is 28.6 Å². The summed E-state index contributed by atoms with van der Waals surface area (Å²) in [7, 11) is 1.31. The third-order valence-electron chi connectivity index (χ3n) is 3.38. The van der Waals surface area contributed by atoms with Crippen molar-refractivity contribution in [3.05, 3.63) is 29.8 Å². The van der Waals surface area contributed by atoms with Crippen molar-refractivity contribution in [2.24, 2.45) is 0 Å². The number of benzene rings is 1. The van der Waals surface area contributed by atoms with Crippen LogP contribution in [0.4, 0.5) is 0 Å². The van der Waals surface area contributed by atoms with Gasteiger partial charge in [0, 0.05) is 13.0 Å². The van der Waals surface area contributed by atoms with E-state index in [0.717, 1.165) is 0 Å². The number of ether oxygens (including phenoxy) is 3. The normalized spacial score (nSPS) is 10.2. The van der Waals surface area contributed by atoms with Gasteiger partial charge in [-0.25, -0.2) is 4.79 Å². The van der Waals surface area contributed by atoms with Gasteiger partial charge in [0.2, 0.25) is 0 Å². The van der Waals surface area contributed by atoms with Gasteiger partial charge in [0.1, 0.15) is 5.75 Å². The van der Waals surface area contributed by atoms with Crippen LogP contribution in [0.25, 0.3) is 0 Å². The third kappa shape index (κ3) is 8.74. The average Bonchev–Trinajstić information content (AvgIpc) is 2.61. The number of methoxy groups -OCH3 is 1. The van der Waals surface area contributed by atoms with Gasteiger partial charge >= 0.3 is 11.9 Å². The van der Waals surface area contributed by atoms with Gasteiger partial charge in [-0.3, -0.25) is 9.59 Å². The smallest absolute Gasteiger partial charge is 0.344 e. The number of hydrogen-bond donors (Lipinski definition) is 1. The molecule has 0 radical (unpaired) electrons. The van der Waals surface area contributed by atoms with Crippen molar-refractivity contribution in [1.29, 1.82) is 0 Å². The van der Waals surface area contributed by atoms with Crippen molar-refractivity contribution >= 4 is 17.8 Å². The molecule has 0 bridgehead atoms. The number of esters is 2. The molecule has 0 unspecified atom stereocenters. The second kappa shape index (κ2) is 11.1. The Bertz CT molecular complexity index is 567. The Kier molecular flexibility index (Phi) is 9.06. The molecule has 138 valence electrons. The highest BCUT2D eigenvalue weighted by Gasteiger charge is 2.09. The fourth-order valence-corrected chi connectivity index (χ4v) is 1.89. The fourth-order valence-electron chi connectivity index (χ4n) is 1.89. The molecule has 1 amide bonds. The number of hydrogen-bond acceptors (Lipinski definition) is 6. The van der Waals surface area contributed by atoms with E-state index < -0.39 is 11.9 Å². The molecule has 0 atom stereocenters. The molecule has 0 aliphatic carbocycles. The van der Waals surface area contributed by atoms with Gasteiger partial charge in [0.25, 0.3) is 5.91 Å². The maximum absolute atomic E-state index is 11.6. The lowest BCUT2D eigenvalue weighted by atomic mass is 10.0. The van der Waals surface area contributed by atoms with E-state index in [9.17, 15) is 14.4 Å². The van der Waals surface area contributed by atoms with Gasteiger partial charge in [-0.15, -0.1) is 0 Å². The fraction of sp³-hybridized carbons (Fsp3) is 0.500. The molecule has 1 rings (SSSR count). The number of nitrogens with one attached hydrogen (secondary N) is 1. The summed E-state index contributed by atoms with van der Waals surface area (Å²) in [5, 5.41) is 2.54. The van der Waals surface area contributed by atoms with E-state index >= 15 is 0 Å². The van der Waals surface area contributed by atoms with Gasteiger partial charge < -0.3 is 19.5 Å². The van der Waals surface area contributed by atoms with Gasteiger partial charge in [-0.2, -0.15) is 0 Å². The monoisotopic (exact) mass is 351 g/mol. The Hall–Kier alpha value is -2.57. The Balaban J connectivity index is 2.17. The van der Waals surface area contributed by atoms with Crippen LogP contribution in [0, 0.1) is 0 Å². The van der Waals surface area contributed by atoms with Crippen molar-refractivity contribution in [2.75, 3.05) is 26.9 Å². The first-order valence-electron chi connectivity index (χ1n) is 8.14. The number of amides is 1. The van der Waals surface area contributed by atoms with Crippen LogP contribution in [0.2, 0.25) is 0 Å². The topological polar surface area (TPSA) is 90.9 Å². The third-order valence-corrected chi connectivity index (χ3v) is 3.38. The predicted molar refractivity (Wildman–Crippen MR) is 91.2 cm³/mol. The highest BCUT2D eigenvalue weighted by atomic mass is 16.6. The average molecular weight is 351 g/mol. The molecule has 25 heavy (non-hydrogen) atoms. The lowest BCUT2D eigenvalue weighted by Gasteiger charge is -2.09. The minimum absolute atomic E-state index is 0.222. The molecular formula is C18H25NO6. The van der Waals surface area contributed by atoms with Crippen LogP contribution in [0.5, 0.6) is 5.75 Å². The van der Waals surface area contributed by atoms with Crippen molar-refractivity contribution in [2.45, 2.75) is 32.6 Å². The van der Waals surface area contributed by atoms with Crippen LogP contribution in [0.3, 0.4) is 0 Å². The van der Waals surface area contributed by atoms with E-state index in [4.69, 9.17) is 9.47 Å². The Morgan fingerprint density at radius 2 is 1.72 bits per heavy atom. The molecular weight excluding hydrogens is 326 g/mol. The minimum Gasteiger partial charge on any atom is -0.482 e. The summed E-state index contributed by atoms with van der Waals surface area (Å²) >= 11 is 0. The van der Waals surface area contributed by atoms with E-state index in [1.54, 1.807) is 12.1 Å². The SMILES string of the molecule is COC(=O)CCCNC(=O)COC(=O)COc1ccc(C(C)C)cc1. The molecule has 0 heterocycles. The maximum Gasteiger partial charge on any atom is 0.344 e. The van der Waals surface area contributed by atoms with Crippen LogP contribution < -0.4 is 10.1 Å². The molecule has 0 aliphatic rings. The second-order valence-electron chi connectivity index (χ2n) is 5.70. The van der Waals surface area contributed by atoms with Gasteiger partial charge in [0.05, 0.1) is 7.11 Å².